The first-order chi connectivity index (χ1) is 12.2. The molecule has 0 aliphatic heterocycles. The average Bonchev–Trinajstić information content (AvgIpc) is 2.95. The zero-order valence-corrected chi connectivity index (χ0v) is 14.1. The number of hydrogen-bond donors (Lipinski definition) is 1. The van der Waals surface area contributed by atoms with Crippen LogP contribution in [0.3, 0.4) is 0 Å². The number of carbonyl (C=O) groups excluding carboxylic acids is 1. The van der Waals surface area contributed by atoms with Gasteiger partial charge in [0.25, 0.3) is 5.91 Å². The van der Waals surface area contributed by atoms with Crippen molar-refractivity contribution in [2.45, 2.75) is 19.5 Å². The third-order valence-electron chi connectivity index (χ3n) is 3.73. The van der Waals surface area contributed by atoms with Gasteiger partial charge in [-0.2, -0.15) is 13.2 Å². The summed E-state index contributed by atoms with van der Waals surface area (Å²) in [6.07, 6.45) is -3.53. The minimum Gasteiger partial charge on any atom is -0.321 e. The predicted molar refractivity (Wildman–Crippen MR) is 88.9 cm³/mol. The number of aryl methyl sites for hydroxylation is 1. The Bertz CT molecular complexity index is 980. The second-order valence-electron chi connectivity index (χ2n) is 5.49. The van der Waals surface area contributed by atoms with Crippen molar-refractivity contribution < 1.29 is 22.4 Å². The van der Waals surface area contributed by atoms with Crippen LogP contribution in [0.1, 0.15) is 28.7 Å². The molecule has 1 aromatic carbocycles. The molecule has 0 bridgehead atoms. The molecule has 0 spiro atoms. The van der Waals surface area contributed by atoms with Crippen molar-refractivity contribution in [2.24, 2.45) is 0 Å². The highest BCUT2D eigenvalue weighted by molar-refractivity contribution is 6.33. The molecule has 2 aromatic heterocycles. The molecule has 3 aromatic rings. The summed E-state index contributed by atoms with van der Waals surface area (Å²) in [7, 11) is 0. The molecule has 2 heterocycles. The van der Waals surface area contributed by atoms with Crippen molar-refractivity contribution in [3.8, 4) is 0 Å². The molecule has 4 nitrogen and oxygen atoms in total. The lowest BCUT2D eigenvalue weighted by Crippen LogP contribution is -2.17. The van der Waals surface area contributed by atoms with E-state index in [0.717, 1.165) is 28.8 Å². The van der Waals surface area contributed by atoms with Crippen molar-refractivity contribution in [1.29, 1.82) is 0 Å². The normalized spacial score (nSPS) is 11.8. The number of alkyl halides is 3. The Balaban J connectivity index is 2.12. The second kappa shape index (κ2) is 6.60. The maximum atomic E-state index is 13.1. The molecule has 0 saturated heterocycles. The highest BCUT2D eigenvalue weighted by Gasteiger charge is 2.33. The number of rotatable bonds is 3. The fraction of sp³-hybridized carbons (Fsp3) is 0.176. The largest absolute Gasteiger partial charge is 0.417 e. The third kappa shape index (κ3) is 3.37. The summed E-state index contributed by atoms with van der Waals surface area (Å²) in [6.45, 7) is 1.72. The van der Waals surface area contributed by atoms with Crippen LogP contribution in [0.2, 0.25) is 5.02 Å². The number of nitrogens with zero attached hydrogens (tertiary/aromatic N) is 2. The van der Waals surface area contributed by atoms with Gasteiger partial charge in [0.1, 0.15) is 11.5 Å². The molecule has 0 fully saturated rings. The second-order valence-corrected chi connectivity index (χ2v) is 5.90. The average molecular weight is 386 g/mol. The molecule has 0 radical (unpaired) electrons. The number of benzene rings is 1. The Labute approximate surface area is 150 Å². The highest BCUT2D eigenvalue weighted by Crippen LogP contribution is 2.33. The molecule has 0 saturated carbocycles. The molecule has 136 valence electrons. The summed E-state index contributed by atoms with van der Waals surface area (Å²) in [5, 5.41) is 2.31. The van der Waals surface area contributed by atoms with Gasteiger partial charge in [0, 0.05) is 11.9 Å². The summed E-state index contributed by atoms with van der Waals surface area (Å²) in [5.74, 6) is -1.15. The van der Waals surface area contributed by atoms with E-state index in [1.807, 2.05) is 0 Å². The van der Waals surface area contributed by atoms with Gasteiger partial charge in [0.05, 0.1) is 16.3 Å². The van der Waals surface area contributed by atoms with Crippen molar-refractivity contribution in [2.75, 3.05) is 5.32 Å². The summed E-state index contributed by atoms with van der Waals surface area (Å²) in [4.78, 5) is 16.8. The van der Waals surface area contributed by atoms with Crippen LogP contribution in [-0.2, 0) is 12.6 Å². The fourth-order valence-corrected chi connectivity index (χ4v) is 2.77. The van der Waals surface area contributed by atoms with Gasteiger partial charge < -0.3 is 5.32 Å². The van der Waals surface area contributed by atoms with Crippen LogP contribution in [-0.4, -0.2) is 15.3 Å². The van der Waals surface area contributed by atoms with Crippen molar-refractivity contribution in [3.05, 3.63) is 64.3 Å². The fourth-order valence-electron chi connectivity index (χ4n) is 2.52. The molecule has 3 rings (SSSR count). The minimum absolute atomic E-state index is 0.0557. The van der Waals surface area contributed by atoms with Crippen LogP contribution in [0, 0.1) is 5.82 Å². The molecule has 1 amide bonds. The quantitative estimate of drug-likeness (QED) is 0.648. The molecule has 0 atom stereocenters. The number of hydrogen-bond acceptors (Lipinski definition) is 2. The Hall–Kier alpha value is -2.61. The summed E-state index contributed by atoms with van der Waals surface area (Å²) < 4.78 is 53.2. The lowest BCUT2D eigenvalue weighted by molar-refractivity contribution is -0.137. The van der Waals surface area contributed by atoms with Gasteiger partial charge in [-0.25, -0.2) is 9.37 Å². The standard InChI is InChI=1S/C17H12ClF4N3O/c1-2-13-14(16(26)23-11-5-3-10(19)4-6-11)25-8-9(17(20,21)22)7-12(18)15(25)24-13/h3-8H,2H2,1H3,(H,23,26). The van der Waals surface area contributed by atoms with Crippen LogP contribution < -0.4 is 5.32 Å². The molecule has 0 unspecified atom stereocenters. The Morgan fingerprint density at radius 3 is 2.50 bits per heavy atom. The number of amides is 1. The number of pyridine rings is 1. The van der Waals surface area contributed by atoms with E-state index in [0.29, 0.717) is 17.8 Å². The first kappa shape index (κ1) is 18.2. The van der Waals surface area contributed by atoms with E-state index in [9.17, 15) is 22.4 Å². The van der Waals surface area contributed by atoms with Crippen LogP contribution in [0.25, 0.3) is 5.65 Å². The monoisotopic (exact) mass is 385 g/mol. The van der Waals surface area contributed by atoms with Gasteiger partial charge in [0.15, 0.2) is 5.65 Å². The van der Waals surface area contributed by atoms with E-state index in [1.165, 1.54) is 12.1 Å². The maximum absolute atomic E-state index is 13.1. The first-order valence-corrected chi connectivity index (χ1v) is 7.93. The summed E-state index contributed by atoms with van der Waals surface area (Å²) in [6, 6.07) is 5.77. The maximum Gasteiger partial charge on any atom is 0.417 e. The van der Waals surface area contributed by atoms with E-state index < -0.39 is 23.5 Å². The highest BCUT2D eigenvalue weighted by atomic mass is 35.5. The number of halogens is 5. The Morgan fingerprint density at radius 1 is 1.27 bits per heavy atom. The van der Waals surface area contributed by atoms with Gasteiger partial charge in [0.2, 0.25) is 0 Å². The van der Waals surface area contributed by atoms with Crippen molar-refractivity contribution in [3.63, 3.8) is 0 Å². The van der Waals surface area contributed by atoms with Crippen molar-refractivity contribution >= 4 is 28.8 Å². The molecule has 26 heavy (non-hydrogen) atoms. The minimum atomic E-state index is -4.63. The zero-order valence-electron chi connectivity index (χ0n) is 13.4. The van der Waals surface area contributed by atoms with E-state index in [2.05, 4.69) is 10.3 Å². The number of anilines is 1. The van der Waals surface area contributed by atoms with E-state index in [4.69, 9.17) is 11.6 Å². The third-order valence-corrected chi connectivity index (χ3v) is 4.00. The van der Waals surface area contributed by atoms with Gasteiger partial charge in [-0.15, -0.1) is 0 Å². The smallest absolute Gasteiger partial charge is 0.321 e. The van der Waals surface area contributed by atoms with Gasteiger partial charge >= 0.3 is 6.18 Å². The lowest BCUT2D eigenvalue weighted by Gasteiger charge is -2.10. The van der Waals surface area contributed by atoms with Crippen LogP contribution in [0.4, 0.5) is 23.2 Å². The van der Waals surface area contributed by atoms with E-state index in [1.54, 1.807) is 6.92 Å². The molecular formula is C17H12ClF4N3O. The van der Waals surface area contributed by atoms with Gasteiger partial charge in [-0.3, -0.25) is 9.20 Å². The summed E-state index contributed by atoms with van der Waals surface area (Å²) in [5.41, 5.74) is -0.399. The Kier molecular flexibility index (Phi) is 4.62. The molecule has 1 N–H and O–H groups in total. The molecular weight excluding hydrogens is 374 g/mol. The molecule has 0 aliphatic carbocycles. The van der Waals surface area contributed by atoms with Crippen LogP contribution >= 0.6 is 11.6 Å². The van der Waals surface area contributed by atoms with E-state index in [-0.39, 0.29) is 16.4 Å². The molecule has 0 aliphatic rings. The molecule has 9 heteroatoms. The van der Waals surface area contributed by atoms with Crippen LogP contribution in [0.15, 0.2) is 36.5 Å². The van der Waals surface area contributed by atoms with E-state index >= 15 is 0 Å². The van der Waals surface area contributed by atoms with Gasteiger partial charge in [-0.1, -0.05) is 18.5 Å². The Morgan fingerprint density at radius 2 is 1.92 bits per heavy atom. The van der Waals surface area contributed by atoms with Crippen LogP contribution in [0.5, 0.6) is 0 Å². The lowest BCUT2D eigenvalue weighted by atomic mass is 10.2. The first-order valence-electron chi connectivity index (χ1n) is 7.55. The number of fused-ring (bicyclic) bond motifs is 1. The van der Waals surface area contributed by atoms with Crippen molar-refractivity contribution in [1.82, 2.24) is 9.38 Å². The zero-order chi connectivity index (χ0) is 19.1. The number of aromatic nitrogens is 2. The van der Waals surface area contributed by atoms with Gasteiger partial charge in [-0.05, 0) is 36.8 Å². The topological polar surface area (TPSA) is 46.4 Å². The predicted octanol–water partition coefficient (Wildman–Crippen LogP) is 4.96. The number of carbonyl (C=O) groups is 1. The summed E-state index contributed by atoms with van der Waals surface area (Å²) >= 11 is 5.94. The number of nitrogens with one attached hydrogen (secondary N) is 1. The number of imidazole rings is 1. The SMILES string of the molecule is CCc1nc2c(Cl)cc(C(F)(F)F)cn2c1C(=O)Nc1ccc(F)cc1.